The Kier molecular flexibility index (Phi) is 5.71. The van der Waals surface area contributed by atoms with Gasteiger partial charge in [0.15, 0.2) is 9.84 Å². The molecule has 2 heterocycles. The molecule has 2 saturated heterocycles. The highest BCUT2D eigenvalue weighted by molar-refractivity contribution is 7.91. The lowest BCUT2D eigenvalue weighted by Gasteiger charge is -2.43. The second kappa shape index (κ2) is 8.28. The number of amides is 1. The van der Waals surface area contributed by atoms with E-state index in [1.54, 1.807) is 31.3 Å². The van der Waals surface area contributed by atoms with Crippen LogP contribution >= 0.6 is 0 Å². The highest BCUT2D eigenvalue weighted by Gasteiger charge is 2.49. The van der Waals surface area contributed by atoms with Gasteiger partial charge in [0.1, 0.15) is 11.5 Å². The smallest absolute Gasteiger partial charge is 0.241 e. The molecule has 160 valence electrons. The number of benzene rings is 2. The maximum Gasteiger partial charge on any atom is 0.241 e. The van der Waals surface area contributed by atoms with Gasteiger partial charge < -0.3 is 14.4 Å². The van der Waals surface area contributed by atoms with Gasteiger partial charge in [-0.2, -0.15) is 0 Å². The van der Waals surface area contributed by atoms with E-state index in [9.17, 15) is 13.2 Å². The molecule has 2 aliphatic rings. The van der Waals surface area contributed by atoms with Crippen LogP contribution in [0.3, 0.4) is 0 Å². The third-order valence-electron chi connectivity index (χ3n) is 5.87. The molecular formula is C22H26N2O5S. The minimum atomic E-state index is -3.21. The summed E-state index contributed by atoms with van der Waals surface area (Å²) in [7, 11) is 0.000489. The predicted molar refractivity (Wildman–Crippen MR) is 115 cm³/mol. The SMILES string of the molecule is COc1ccc(N2C(=O)CN(CCc3cccc(OC)c3)[C@@H]3CS(=O)(=O)C[C@H]32)cc1. The summed E-state index contributed by atoms with van der Waals surface area (Å²) >= 11 is 0. The number of carbonyl (C=O) groups excluding carboxylic acids is 1. The molecule has 0 aromatic heterocycles. The van der Waals surface area contributed by atoms with Crippen LogP contribution in [0.2, 0.25) is 0 Å². The quantitative estimate of drug-likeness (QED) is 0.695. The standard InChI is InChI=1S/C22H26N2O5S/c1-28-18-8-6-17(7-9-18)24-21-15-30(26,27)14-20(21)23(13-22(24)25)11-10-16-4-3-5-19(12-16)29-2/h3-9,12,20-21H,10-11,13-15H2,1-2H3/t20-,21-/m1/s1. The van der Waals surface area contributed by atoms with Crippen molar-refractivity contribution in [1.29, 1.82) is 0 Å². The zero-order chi connectivity index (χ0) is 21.3. The molecule has 2 aliphatic heterocycles. The summed E-state index contributed by atoms with van der Waals surface area (Å²) in [6.07, 6.45) is 0.719. The van der Waals surface area contributed by atoms with Crippen molar-refractivity contribution in [2.75, 3.05) is 43.7 Å². The minimum absolute atomic E-state index is 0.00883. The minimum Gasteiger partial charge on any atom is -0.497 e. The van der Waals surface area contributed by atoms with Gasteiger partial charge in [0, 0.05) is 18.3 Å². The van der Waals surface area contributed by atoms with Crippen LogP contribution in [0.5, 0.6) is 11.5 Å². The molecule has 2 fully saturated rings. The van der Waals surface area contributed by atoms with Crippen LogP contribution < -0.4 is 14.4 Å². The summed E-state index contributed by atoms with van der Waals surface area (Å²) in [5, 5.41) is 0. The molecule has 1 amide bonds. The van der Waals surface area contributed by atoms with Crippen LogP contribution in [0, 0.1) is 0 Å². The van der Waals surface area contributed by atoms with E-state index in [-0.39, 0.29) is 36.0 Å². The van der Waals surface area contributed by atoms with E-state index >= 15 is 0 Å². The second-order valence-corrected chi connectivity index (χ2v) is 9.90. The van der Waals surface area contributed by atoms with Gasteiger partial charge in [-0.3, -0.25) is 9.69 Å². The van der Waals surface area contributed by atoms with Crippen molar-refractivity contribution in [2.45, 2.75) is 18.5 Å². The van der Waals surface area contributed by atoms with E-state index in [1.807, 2.05) is 41.3 Å². The molecule has 0 radical (unpaired) electrons. The predicted octanol–water partition coefficient (Wildman–Crippen LogP) is 1.76. The molecule has 0 saturated carbocycles. The van der Waals surface area contributed by atoms with Crippen molar-refractivity contribution >= 4 is 21.4 Å². The van der Waals surface area contributed by atoms with Gasteiger partial charge in [0.05, 0.1) is 38.3 Å². The van der Waals surface area contributed by atoms with Crippen molar-refractivity contribution in [3.05, 3.63) is 54.1 Å². The Morgan fingerprint density at radius 1 is 0.967 bits per heavy atom. The summed E-state index contributed by atoms with van der Waals surface area (Å²) in [5.74, 6) is 1.47. The van der Waals surface area contributed by atoms with Crippen LogP contribution in [0.25, 0.3) is 0 Å². The number of hydrogen-bond donors (Lipinski definition) is 0. The zero-order valence-corrected chi connectivity index (χ0v) is 18.0. The number of methoxy groups -OCH3 is 2. The monoisotopic (exact) mass is 430 g/mol. The number of nitrogens with zero attached hydrogens (tertiary/aromatic N) is 2. The Morgan fingerprint density at radius 3 is 2.37 bits per heavy atom. The van der Waals surface area contributed by atoms with Gasteiger partial charge >= 0.3 is 0 Å². The number of fused-ring (bicyclic) bond motifs is 1. The molecule has 2 aromatic rings. The normalized spacial score (nSPS) is 23.3. The van der Waals surface area contributed by atoms with Crippen LogP contribution in [0.4, 0.5) is 5.69 Å². The second-order valence-electron chi connectivity index (χ2n) is 7.75. The number of hydrogen-bond acceptors (Lipinski definition) is 6. The van der Waals surface area contributed by atoms with Crippen molar-refractivity contribution in [3.63, 3.8) is 0 Å². The Labute approximate surface area is 177 Å². The van der Waals surface area contributed by atoms with E-state index in [0.717, 1.165) is 17.7 Å². The number of sulfone groups is 1. The fourth-order valence-corrected chi connectivity index (χ4v) is 6.36. The van der Waals surface area contributed by atoms with Gasteiger partial charge in [0.2, 0.25) is 5.91 Å². The lowest BCUT2D eigenvalue weighted by molar-refractivity contribution is -0.123. The highest BCUT2D eigenvalue weighted by Crippen LogP contribution is 2.32. The van der Waals surface area contributed by atoms with Gasteiger partial charge in [-0.25, -0.2) is 8.42 Å². The topological polar surface area (TPSA) is 76.2 Å². The Bertz CT molecular complexity index is 1020. The zero-order valence-electron chi connectivity index (χ0n) is 17.2. The average Bonchev–Trinajstić information content (AvgIpc) is 3.07. The van der Waals surface area contributed by atoms with E-state index in [1.165, 1.54) is 0 Å². The van der Waals surface area contributed by atoms with Crippen molar-refractivity contribution in [1.82, 2.24) is 4.90 Å². The van der Waals surface area contributed by atoms with Gasteiger partial charge in [0.25, 0.3) is 0 Å². The highest BCUT2D eigenvalue weighted by atomic mass is 32.2. The van der Waals surface area contributed by atoms with Gasteiger partial charge in [-0.15, -0.1) is 0 Å². The number of rotatable bonds is 6. The first-order valence-corrected chi connectivity index (χ1v) is 11.8. The number of carbonyl (C=O) groups is 1. The maximum absolute atomic E-state index is 13.1. The molecule has 4 rings (SSSR count). The lowest BCUT2D eigenvalue weighted by atomic mass is 10.0. The van der Waals surface area contributed by atoms with Gasteiger partial charge in [-0.05, 0) is 48.4 Å². The summed E-state index contributed by atoms with van der Waals surface area (Å²) in [6.45, 7) is 0.818. The van der Waals surface area contributed by atoms with E-state index < -0.39 is 9.84 Å². The Morgan fingerprint density at radius 2 is 1.67 bits per heavy atom. The maximum atomic E-state index is 13.1. The Balaban J connectivity index is 1.56. The largest absolute Gasteiger partial charge is 0.497 e. The van der Waals surface area contributed by atoms with E-state index in [4.69, 9.17) is 9.47 Å². The fourth-order valence-electron chi connectivity index (χ4n) is 4.38. The Hall–Kier alpha value is -2.58. The number of anilines is 1. The third-order valence-corrected chi connectivity index (χ3v) is 7.57. The summed E-state index contributed by atoms with van der Waals surface area (Å²) < 4.78 is 35.4. The molecule has 8 heteroatoms. The van der Waals surface area contributed by atoms with Crippen molar-refractivity contribution in [2.24, 2.45) is 0 Å². The molecule has 30 heavy (non-hydrogen) atoms. The molecule has 0 unspecified atom stereocenters. The summed E-state index contributed by atoms with van der Waals surface area (Å²) in [4.78, 5) is 16.8. The first-order valence-electron chi connectivity index (χ1n) is 9.94. The van der Waals surface area contributed by atoms with Crippen molar-refractivity contribution < 1.29 is 22.7 Å². The summed E-state index contributed by atoms with van der Waals surface area (Å²) in [5.41, 5.74) is 1.80. The van der Waals surface area contributed by atoms with E-state index in [2.05, 4.69) is 0 Å². The molecular weight excluding hydrogens is 404 g/mol. The molecule has 2 atom stereocenters. The fraction of sp³-hybridized carbons (Fsp3) is 0.409. The van der Waals surface area contributed by atoms with Crippen molar-refractivity contribution in [3.8, 4) is 11.5 Å². The first-order chi connectivity index (χ1) is 14.4. The molecule has 0 aliphatic carbocycles. The molecule has 0 N–H and O–H groups in total. The molecule has 7 nitrogen and oxygen atoms in total. The molecule has 0 spiro atoms. The first kappa shape index (κ1) is 20.7. The third kappa shape index (κ3) is 4.15. The summed E-state index contributed by atoms with van der Waals surface area (Å²) in [6, 6.07) is 14.4. The average molecular weight is 431 g/mol. The number of piperazine rings is 1. The van der Waals surface area contributed by atoms with E-state index in [0.29, 0.717) is 18.0 Å². The molecule has 0 bridgehead atoms. The van der Waals surface area contributed by atoms with Gasteiger partial charge in [-0.1, -0.05) is 12.1 Å². The molecule has 2 aromatic carbocycles. The lowest BCUT2D eigenvalue weighted by Crippen LogP contribution is -2.62. The van der Waals surface area contributed by atoms with Crippen LogP contribution in [0.15, 0.2) is 48.5 Å². The number of ether oxygens (including phenoxy) is 2. The van der Waals surface area contributed by atoms with Crippen LogP contribution in [-0.2, 0) is 21.1 Å². The van der Waals surface area contributed by atoms with Crippen LogP contribution in [-0.4, -0.2) is 70.1 Å². The van der Waals surface area contributed by atoms with Crippen LogP contribution in [0.1, 0.15) is 5.56 Å².